The van der Waals surface area contributed by atoms with Crippen LogP contribution in [0, 0.1) is 0 Å². The molecule has 1 heterocycles. The van der Waals surface area contributed by atoms with Gasteiger partial charge >= 0.3 is 0 Å². The van der Waals surface area contributed by atoms with Gasteiger partial charge < -0.3 is 10.3 Å². The van der Waals surface area contributed by atoms with Crippen molar-refractivity contribution in [2.45, 2.75) is 0 Å². The van der Waals surface area contributed by atoms with Crippen LogP contribution in [0.25, 0.3) is 5.69 Å². The van der Waals surface area contributed by atoms with E-state index in [1.807, 2.05) is 41.2 Å². The van der Waals surface area contributed by atoms with E-state index in [9.17, 15) is 0 Å². The molecule has 0 radical (unpaired) electrons. The molecule has 0 saturated heterocycles. The summed E-state index contributed by atoms with van der Waals surface area (Å²) in [6, 6.07) is 9.50. The third kappa shape index (κ3) is 1.53. The predicted molar refractivity (Wildman–Crippen MR) is 55.2 cm³/mol. The lowest BCUT2D eigenvalue weighted by molar-refractivity contribution is 1.08. The maximum absolute atomic E-state index is 5.81. The normalized spacial score (nSPS) is 10.2. The zero-order chi connectivity index (χ0) is 9.26. The molecular formula is C10H9ClN2. The summed E-state index contributed by atoms with van der Waals surface area (Å²) in [5.41, 5.74) is 7.31. The van der Waals surface area contributed by atoms with E-state index >= 15 is 0 Å². The first-order valence-corrected chi connectivity index (χ1v) is 4.33. The number of halogens is 1. The number of nitrogens with zero attached hydrogens (tertiary/aromatic N) is 1. The SMILES string of the molecule is Nc1cc(-n2cccc2)ccc1Cl. The zero-order valence-corrected chi connectivity index (χ0v) is 7.70. The van der Waals surface area contributed by atoms with Crippen molar-refractivity contribution in [3.8, 4) is 5.69 Å². The van der Waals surface area contributed by atoms with Crippen LogP contribution in [0.2, 0.25) is 5.02 Å². The summed E-state index contributed by atoms with van der Waals surface area (Å²) < 4.78 is 1.98. The number of rotatable bonds is 1. The van der Waals surface area contributed by atoms with Gasteiger partial charge in [-0.2, -0.15) is 0 Å². The van der Waals surface area contributed by atoms with E-state index in [1.54, 1.807) is 6.07 Å². The smallest absolute Gasteiger partial charge is 0.0636 e. The van der Waals surface area contributed by atoms with Crippen LogP contribution < -0.4 is 5.73 Å². The topological polar surface area (TPSA) is 30.9 Å². The van der Waals surface area contributed by atoms with Crippen molar-refractivity contribution in [2.75, 3.05) is 5.73 Å². The molecule has 0 amide bonds. The highest BCUT2D eigenvalue weighted by atomic mass is 35.5. The third-order valence-corrected chi connectivity index (χ3v) is 2.23. The number of anilines is 1. The van der Waals surface area contributed by atoms with E-state index in [4.69, 9.17) is 17.3 Å². The molecule has 2 N–H and O–H groups in total. The van der Waals surface area contributed by atoms with Crippen LogP contribution in [0.15, 0.2) is 42.7 Å². The molecule has 0 atom stereocenters. The number of hydrogen-bond acceptors (Lipinski definition) is 1. The molecule has 3 heteroatoms. The number of hydrogen-bond donors (Lipinski definition) is 1. The van der Waals surface area contributed by atoms with Crippen LogP contribution in [0.5, 0.6) is 0 Å². The minimum atomic E-state index is 0.593. The summed E-state index contributed by atoms with van der Waals surface area (Å²) in [7, 11) is 0. The molecule has 1 aromatic heterocycles. The molecule has 0 unspecified atom stereocenters. The first-order valence-electron chi connectivity index (χ1n) is 3.96. The van der Waals surface area contributed by atoms with E-state index in [2.05, 4.69) is 0 Å². The van der Waals surface area contributed by atoms with Crippen LogP contribution in [0.3, 0.4) is 0 Å². The number of nitrogens with two attached hydrogens (primary N) is 1. The van der Waals surface area contributed by atoms with Crippen molar-refractivity contribution in [3.05, 3.63) is 47.7 Å². The Kier molecular flexibility index (Phi) is 1.99. The standard InChI is InChI=1S/C10H9ClN2/c11-9-4-3-8(7-10(9)12)13-5-1-2-6-13/h1-7H,12H2. The Bertz CT molecular complexity index is 407. The average Bonchev–Trinajstić information content (AvgIpc) is 2.62. The molecule has 0 aliphatic rings. The Morgan fingerprint density at radius 3 is 2.46 bits per heavy atom. The maximum Gasteiger partial charge on any atom is 0.0636 e. The lowest BCUT2D eigenvalue weighted by Crippen LogP contribution is -1.92. The van der Waals surface area contributed by atoms with E-state index in [-0.39, 0.29) is 0 Å². The molecule has 13 heavy (non-hydrogen) atoms. The Labute approximate surface area is 81.6 Å². The van der Waals surface area contributed by atoms with Gasteiger partial charge in [-0.15, -0.1) is 0 Å². The highest BCUT2D eigenvalue weighted by Gasteiger charge is 1.98. The molecule has 0 aliphatic heterocycles. The summed E-state index contributed by atoms with van der Waals surface area (Å²) in [4.78, 5) is 0. The second kappa shape index (κ2) is 3.15. The lowest BCUT2D eigenvalue weighted by atomic mass is 10.3. The van der Waals surface area contributed by atoms with Gasteiger partial charge in [0.2, 0.25) is 0 Å². The van der Waals surface area contributed by atoms with Gasteiger partial charge in [-0.3, -0.25) is 0 Å². The fourth-order valence-electron chi connectivity index (χ4n) is 1.20. The highest BCUT2D eigenvalue weighted by molar-refractivity contribution is 6.33. The van der Waals surface area contributed by atoms with Gasteiger partial charge in [-0.25, -0.2) is 0 Å². The zero-order valence-electron chi connectivity index (χ0n) is 6.94. The molecule has 0 fully saturated rings. The van der Waals surface area contributed by atoms with E-state index < -0.39 is 0 Å². The van der Waals surface area contributed by atoms with Crippen molar-refractivity contribution in [2.24, 2.45) is 0 Å². The molecule has 0 bridgehead atoms. The molecule has 2 rings (SSSR count). The lowest BCUT2D eigenvalue weighted by Gasteiger charge is -2.04. The van der Waals surface area contributed by atoms with Crippen molar-refractivity contribution in [1.29, 1.82) is 0 Å². The molecule has 2 nitrogen and oxygen atoms in total. The first-order chi connectivity index (χ1) is 6.27. The van der Waals surface area contributed by atoms with Gasteiger partial charge in [0.1, 0.15) is 0 Å². The number of benzene rings is 1. The second-order valence-electron chi connectivity index (χ2n) is 2.80. The van der Waals surface area contributed by atoms with Crippen molar-refractivity contribution >= 4 is 17.3 Å². The van der Waals surface area contributed by atoms with Crippen LogP contribution >= 0.6 is 11.6 Å². The van der Waals surface area contributed by atoms with Crippen molar-refractivity contribution < 1.29 is 0 Å². The fraction of sp³-hybridized carbons (Fsp3) is 0. The Balaban J connectivity index is 2.49. The summed E-state index contributed by atoms with van der Waals surface area (Å²) in [6.07, 6.45) is 3.92. The Morgan fingerprint density at radius 1 is 1.15 bits per heavy atom. The van der Waals surface area contributed by atoms with Gasteiger partial charge in [0.25, 0.3) is 0 Å². The van der Waals surface area contributed by atoms with Crippen LogP contribution in [-0.4, -0.2) is 4.57 Å². The summed E-state index contributed by atoms with van der Waals surface area (Å²) in [5, 5.41) is 0.593. The van der Waals surface area contributed by atoms with Gasteiger partial charge in [0, 0.05) is 18.1 Å². The molecule has 2 aromatic rings. The van der Waals surface area contributed by atoms with E-state index in [0.29, 0.717) is 10.7 Å². The van der Waals surface area contributed by atoms with Gasteiger partial charge in [-0.1, -0.05) is 11.6 Å². The largest absolute Gasteiger partial charge is 0.397 e. The van der Waals surface area contributed by atoms with Gasteiger partial charge in [-0.05, 0) is 30.3 Å². The maximum atomic E-state index is 5.81. The molecular weight excluding hydrogens is 184 g/mol. The monoisotopic (exact) mass is 192 g/mol. The summed E-state index contributed by atoms with van der Waals surface area (Å²) in [5.74, 6) is 0. The first kappa shape index (κ1) is 8.20. The van der Waals surface area contributed by atoms with Crippen LogP contribution in [-0.2, 0) is 0 Å². The van der Waals surface area contributed by atoms with E-state index in [0.717, 1.165) is 5.69 Å². The van der Waals surface area contributed by atoms with Crippen LogP contribution in [0.4, 0.5) is 5.69 Å². The molecule has 0 aliphatic carbocycles. The Morgan fingerprint density at radius 2 is 1.85 bits per heavy atom. The predicted octanol–water partition coefficient (Wildman–Crippen LogP) is 2.71. The minimum absolute atomic E-state index is 0.593. The minimum Gasteiger partial charge on any atom is -0.397 e. The molecule has 0 saturated carbocycles. The second-order valence-corrected chi connectivity index (χ2v) is 3.20. The average molecular weight is 193 g/mol. The van der Waals surface area contributed by atoms with Crippen LogP contribution in [0.1, 0.15) is 0 Å². The number of nitrogen functional groups attached to an aromatic ring is 1. The van der Waals surface area contributed by atoms with Crippen molar-refractivity contribution in [3.63, 3.8) is 0 Å². The number of aromatic nitrogens is 1. The highest BCUT2D eigenvalue weighted by Crippen LogP contribution is 2.21. The van der Waals surface area contributed by atoms with Gasteiger partial charge in [0.05, 0.1) is 10.7 Å². The fourth-order valence-corrected chi connectivity index (χ4v) is 1.32. The van der Waals surface area contributed by atoms with E-state index in [1.165, 1.54) is 0 Å². The molecule has 66 valence electrons. The summed E-state index contributed by atoms with van der Waals surface area (Å²) in [6.45, 7) is 0. The summed E-state index contributed by atoms with van der Waals surface area (Å²) >= 11 is 5.81. The Hall–Kier alpha value is -1.41. The molecule has 1 aromatic carbocycles. The third-order valence-electron chi connectivity index (χ3n) is 1.88. The van der Waals surface area contributed by atoms with Crippen molar-refractivity contribution in [1.82, 2.24) is 4.57 Å². The quantitative estimate of drug-likeness (QED) is 0.692. The molecule has 0 spiro atoms. The van der Waals surface area contributed by atoms with Gasteiger partial charge in [0.15, 0.2) is 0 Å².